The molecule has 2 aromatic rings. The summed E-state index contributed by atoms with van der Waals surface area (Å²) in [6.45, 7) is 3.32. The van der Waals surface area contributed by atoms with E-state index >= 15 is 0 Å². The molecule has 0 saturated heterocycles. The lowest BCUT2D eigenvalue weighted by atomic mass is 10.0. The number of hydrogen-bond acceptors (Lipinski definition) is 5. The Labute approximate surface area is 225 Å². The van der Waals surface area contributed by atoms with E-state index in [0.717, 1.165) is 38.9 Å². The Kier molecular flexibility index (Phi) is 13.9. The van der Waals surface area contributed by atoms with Crippen LogP contribution in [0.25, 0.3) is 5.57 Å². The van der Waals surface area contributed by atoms with Crippen molar-refractivity contribution in [3.05, 3.63) is 59.9 Å². The molecule has 0 spiro atoms. The van der Waals surface area contributed by atoms with Crippen molar-refractivity contribution in [2.24, 2.45) is 0 Å². The van der Waals surface area contributed by atoms with Crippen LogP contribution in [-0.2, 0) is 27.3 Å². The highest BCUT2D eigenvalue weighted by atomic mass is 19.4. The predicted octanol–water partition coefficient (Wildman–Crippen LogP) is 4.74. The van der Waals surface area contributed by atoms with Gasteiger partial charge >= 0.3 is 30.3 Å². The zero-order valence-corrected chi connectivity index (χ0v) is 21.2. The quantitative estimate of drug-likeness (QED) is 0.286. The molecule has 1 aromatic heterocycles. The summed E-state index contributed by atoms with van der Waals surface area (Å²) in [5.41, 5.74) is 3.92. The Morgan fingerprint density at radius 3 is 1.93 bits per heavy atom. The van der Waals surface area contributed by atoms with E-state index in [-0.39, 0.29) is 6.42 Å². The molecule has 1 aliphatic rings. The first-order valence-corrected chi connectivity index (χ1v) is 11.9. The van der Waals surface area contributed by atoms with E-state index in [1.165, 1.54) is 23.1 Å². The second-order valence-electron chi connectivity index (χ2n) is 8.46. The summed E-state index contributed by atoms with van der Waals surface area (Å²) in [7, 11) is 0. The normalized spacial score (nSPS) is 13.7. The van der Waals surface area contributed by atoms with Gasteiger partial charge in [-0.25, -0.2) is 9.59 Å². The third kappa shape index (κ3) is 14.3. The van der Waals surface area contributed by atoms with Gasteiger partial charge in [-0.3, -0.25) is 14.4 Å². The van der Waals surface area contributed by atoms with Crippen LogP contribution in [0.15, 0.2) is 48.8 Å². The van der Waals surface area contributed by atoms with Crippen LogP contribution >= 0.6 is 0 Å². The molecule has 0 radical (unpaired) electrons. The summed E-state index contributed by atoms with van der Waals surface area (Å²) >= 11 is 0. The topological polar surface area (TPSA) is 133 Å². The maximum absolute atomic E-state index is 10.7. The van der Waals surface area contributed by atoms with Crippen molar-refractivity contribution in [2.45, 2.75) is 51.0 Å². The van der Waals surface area contributed by atoms with Crippen molar-refractivity contribution in [3.8, 4) is 0 Å². The third-order valence-electron chi connectivity index (χ3n) is 5.37. The molecular formula is C25H29F6N3O6. The monoisotopic (exact) mass is 581 g/mol. The van der Waals surface area contributed by atoms with Gasteiger partial charge in [0.25, 0.3) is 0 Å². The maximum Gasteiger partial charge on any atom is 0.490 e. The van der Waals surface area contributed by atoms with Crippen LogP contribution in [-0.4, -0.2) is 79.9 Å². The lowest BCUT2D eigenvalue weighted by Gasteiger charge is -2.25. The van der Waals surface area contributed by atoms with E-state index < -0.39 is 30.3 Å². The molecule has 0 fully saturated rings. The SMILES string of the molecule is O=C(O)C(F)(F)F.O=C(O)C(F)(F)F.O=C(O)CCN1CC=C(c2cnn(CCCCc3ccccc3)c2)CC1. The van der Waals surface area contributed by atoms with Gasteiger partial charge in [0, 0.05) is 37.9 Å². The molecule has 0 saturated carbocycles. The molecule has 0 amide bonds. The summed E-state index contributed by atoms with van der Waals surface area (Å²) in [4.78, 5) is 30.6. The van der Waals surface area contributed by atoms with Crippen LogP contribution in [0, 0.1) is 0 Å². The number of alkyl halides is 6. The average Bonchev–Trinajstić information content (AvgIpc) is 3.35. The fraction of sp³-hybridized carbons (Fsp3) is 0.440. The summed E-state index contributed by atoms with van der Waals surface area (Å²) in [5.74, 6) is -6.24. The molecule has 2 heterocycles. The summed E-state index contributed by atoms with van der Waals surface area (Å²) in [6.07, 6.45) is 0.716. The number of rotatable bonds is 9. The lowest BCUT2D eigenvalue weighted by Crippen LogP contribution is -2.30. The van der Waals surface area contributed by atoms with Gasteiger partial charge in [-0.05, 0) is 36.8 Å². The number of aromatic nitrogens is 2. The molecule has 3 N–H and O–H groups in total. The molecule has 0 aliphatic carbocycles. The number of carboxylic acids is 3. The van der Waals surface area contributed by atoms with Crippen LogP contribution in [0.5, 0.6) is 0 Å². The van der Waals surface area contributed by atoms with E-state index in [1.807, 2.05) is 10.9 Å². The fourth-order valence-corrected chi connectivity index (χ4v) is 3.33. The smallest absolute Gasteiger partial charge is 0.481 e. The second kappa shape index (κ2) is 16.3. The van der Waals surface area contributed by atoms with Crippen molar-refractivity contribution < 1.29 is 56.0 Å². The van der Waals surface area contributed by atoms with E-state index in [2.05, 4.69) is 52.6 Å². The Morgan fingerprint density at radius 2 is 1.45 bits per heavy atom. The van der Waals surface area contributed by atoms with Gasteiger partial charge < -0.3 is 15.3 Å². The van der Waals surface area contributed by atoms with Crippen molar-refractivity contribution in [2.75, 3.05) is 19.6 Å². The molecule has 0 unspecified atom stereocenters. The van der Waals surface area contributed by atoms with Gasteiger partial charge in [-0.2, -0.15) is 31.4 Å². The van der Waals surface area contributed by atoms with E-state index in [4.69, 9.17) is 24.9 Å². The summed E-state index contributed by atoms with van der Waals surface area (Å²) < 4.78 is 65.5. The van der Waals surface area contributed by atoms with Gasteiger partial charge in [0.05, 0.1) is 12.6 Å². The van der Waals surface area contributed by atoms with Crippen molar-refractivity contribution in [1.29, 1.82) is 0 Å². The summed E-state index contributed by atoms with van der Waals surface area (Å²) in [6, 6.07) is 10.6. The summed E-state index contributed by atoms with van der Waals surface area (Å²) in [5, 5.41) is 27.5. The molecule has 1 aromatic carbocycles. The zero-order chi connectivity index (χ0) is 30.3. The molecule has 40 heavy (non-hydrogen) atoms. The Hall–Kier alpha value is -3.88. The minimum atomic E-state index is -5.08. The van der Waals surface area contributed by atoms with Crippen LogP contribution in [0.2, 0.25) is 0 Å². The molecule has 0 atom stereocenters. The number of aryl methyl sites for hydroxylation is 2. The van der Waals surface area contributed by atoms with Gasteiger partial charge in [0.1, 0.15) is 0 Å². The van der Waals surface area contributed by atoms with Crippen LogP contribution in [0.4, 0.5) is 26.3 Å². The number of carbonyl (C=O) groups is 3. The Bertz CT molecular complexity index is 1090. The maximum atomic E-state index is 10.7. The number of unbranched alkanes of at least 4 members (excludes halogenated alkanes) is 1. The largest absolute Gasteiger partial charge is 0.490 e. The molecule has 0 bridgehead atoms. The predicted molar refractivity (Wildman–Crippen MR) is 130 cm³/mol. The minimum Gasteiger partial charge on any atom is -0.481 e. The highest BCUT2D eigenvalue weighted by Crippen LogP contribution is 2.22. The van der Waals surface area contributed by atoms with E-state index in [9.17, 15) is 31.1 Å². The van der Waals surface area contributed by atoms with Gasteiger partial charge in [-0.1, -0.05) is 36.4 Å². The fourth-order valence-electron chi connectivity index (χ4n) is 3.33. The number of carboxylic acid groups (broad SMARTS) is 3. The number of benzene rings is 1. The third-order valence-corrected chi connectivity index (χ3v) is 5.37. The first-order chi connectivity index (χ1) is 18.6. The first kappa shape index (κ1) is 34.1. The molecule has 222 valence electrons. The van der Waals surface area contributed by atoms with E-state index in [1.54, 1.807) is 0 Å². The second-order valence-corrected chi connectivity index (χ2v) is 8.46. The molecular weight excluding hydrogens is 552 g/mol. The Morgan fingerprint density at radius 1 is 0.875 bits per heavy atom. The number of halogens is 6. The standard InChI is InChI=1S/C21H27N3O2.2C2HF3O2/c25-21(26)11-15-23-13-9-19(10-14-23)20-16-22-24(17-20)12-5-4-8-18-6-2-1-3-7-18;2*3-2(4,5)1(6)7/h1-3,6-7,9,16-17H,4-5,8,10-15H2,(H,25,26);2*(H,6,7). The molecule has 9 nitrogen and oxygen atoms in total. The molecule has 1 aliphatic heterocycles. The Balaban J connectivity index is 0.000000473. The molecule has 15 heteroatoms. The highest BCUT2D eigenvalue weighted by molar-refractivity contribution is 5.73. The minimum absolute atomic E-state index is 0.212. The highest BCUT2D eigenvalue weighted by Gasteiger charge is 2.38. The number of nitrogens with zero attached hydrogens (tertiary/aromatic N) is 3. The van der Waals surface area contributed by atoms with E-state index in [0.29, 0.717) is 6.54 Å². The van der Waals surface area contributed by atoms with Crippen LogP contribution in [0.3, 0.4) is 0 Å². The van der Waals surface area contributed by atoms with Crippen molar-refractivity contribution in [1.82, 2.24) is 14.7 Å². The van der Waals surface area contributed by atoms with Crippen molar-refractivity contribution >= 4 is 23.5 Å². The van der Waals surface area contributed by atoms with Crippen LogP contribution < -0.4 is 0 Å². The van der Waals surface area contributed by atoms with Gasteiger partial charge in [0.15, 0.2) is 0 Å². The average molecular weight is 582 g/mol. The van der Waals surface area contributed by atoms with Crippen molar-refractivity contribution in [3.63, 3.8) is 0 Å². The zero-order valence-electron chi connectivity index (χ0n) is 21.2. The first-order valence-electron chi connectivity index (χ1n) is 11.9. The number of aliphatic carboxylic acids is 3. The van der Waals surface area contributed by atoms with Gasteiger partial charge in [-0.15, -0.1) is 0 Å². The number of hydrogen-bond donors (Lipinski definition) is 3. The molecule has 3 rings (SSSR count). The lowest BCUT2D eigenvalue weighted by molar-refractivity contribution is -0.193. The van der Waals surface area contributed by atoms with Crippen LogP contribution in [0.1, 0.15) is 36.8 Å². The van der Waals surface area contributed by atoms with Gasteiger partial charge in [0.2, 0.25) is 0 Å².